The molecule has 1 unspecified atom stereocenters. The summed E-state index contributed by atoms with van der Waals surface area (Å²) in [7, 11) is 1.58. The Kier molecular flexibility index (Phi) is 4.51. The van der Waals surface area contributed by atoms with Crippen LogP contribution in [0, 0.1) is 5.92 Å². The van der Waals surface area contributed by atoms with E-state index < -0.39 is 0 Å². The summed E-state index contributed by atoms with van der Waals surface area (Å²) >= 11 is 3.38. The third kappa shape index (κ3) is 3.18. The fourth-order valence-electron chi connectivity index (χ4n) is 2.73. The van der Waals surface area contributed by atoms with Gasteiger partial charge in [0.2, 0.25) is 0 Å². The predicted octanol–water partition coefficient (Wildman–Crippen LogP) is 1.98. The molecule has 2 N–H and O–H groups in total. The number of phenolic OH excluding ortho intramolecular Hbond substituents is 1. The van der Waals surface area contributed by atoms with Crippen LogP contribution >= 0.6 is 15.9 Å². The molecule has 3 nitrogen and oxygen atoms in total. The van der Waals surface area contributed by atoms with Crippen molar-refractivity contribution in [2.45, 2.75) is 26.3 Å². The molecule has 1 aromatic carbocycles. The summed E-state index contributed by atoms with van der Waals surface area (Å²) in [6, 6.07) is 3.93. The minimum atomic E-state index is 0.184. The number of quaternary nitrogens is 1. The number of nitrogens with one attached hydrogen (secondary N) is 1. The van der Waals surface area contributed by atoms with Crippen LogP contribution in [0.4, 0.5) is 0 Å². The van der Waals surface area contributed by atoms with Gasteiger partial charge in [0, 0.05) is 11.5 Å². The first-order chi connectivity index (χ1) is 8.60. The zero-order chi connectivity index (χ0) is 13.1. The fourth-order valence-corrected chi connectivity index (χ4v) is 3.22. The van der Waals surface area contributed by atoms with E-state index in [0.717, 1.165) is 12.5 Å². The van der Waals surface area contributed by atoms with Gasteiger partial charge in [-0.05, 0) is 40.9 Å². The molecule has 1 aromatic rings. The maximum atomic E-state index is 9.79. The molecule has 1 saturated heterocycles. The Morgan fingerprint density at radius 2 is 2.28 bits per heavy atom. The quantitative estimate of drug-likeness (QED) is 0.894. The number of likely N-dealkylation sites (tertiary alicyclic amines) is 1. The molecule has 1 fully saturated rings. The van der Waals surface area contributed by atoms with E-state index >= 15 is 0 Å². The second-order valence-electron chi connectivity index (χ2n) is 5.26. The molecule has 1 aliphatic rings. The van der Waals surface area contributed by atoms with E-state index in [4.69, 9.17) is 4.74 Å². The number of methoxy groups -OCH3 is 1. The zero-order valence-electron chi connectivity index (χ0n) is 11.0. The second kappa shape index (κ2) is 5.93. The molecule has 4 heteroatoms. The van der Waals surface area contributed by atoms with Crippen molar-refractivity contribution in [3.05, 3.63) is 22.2 Å². The summed E-state index contributed by atoms with van der Waals surface area (Å²) in [5.74, 6) is 1.54. The number of aromatic hydroxyl groups is 1. The number of benzene rings is 1. The number of ether oxygens (including phenoxy) is 1. The Morgan fingerprint density at radius 3 is 2.94 bits per heavy atom. The van der Waals surface area contributed by atoms with Gasteiger partial charge < -0.3 is 14.7 Å². The lowest BCUT2D eigenvalue weighted by molar-refractivity contribution is -0.922. The van der Waals surface area contributed by atoms with E-state index in [1.54, 1.807) is 12.0 Å². The van der Waals surface area contributed by atoms with E-state index in [1.807, 2.05) is 12.1 Å². The van der Waals surface area contributed by atoms with Crippen molar-refractivity contribution in [1.82, 2.24) is 0 Å². The summed E-state index contributed by atoms with van der Waals surface area (Å²) in [5.41, 5.74) is 1.21. The van der Waals surface area contributed by atoms with Gasteiger partial charge >= 0.3 is 0 Å². The Labute approximate surface area is 117 Å². The van der Waals surface area contributed by atoms with Gasteiger partial charge in [-0.15, -0.1) is 0 Å². The summed E-state index contributed by atoms with van der Waals surface area (Å²) in [5, 5.41) is 9.79. The Hall–Kier alpha value is -0.740. The van der Waals surface area contributed by atoms with Crippen LogP contribution in [0.5, 0.6) is 11.5 Å². The van der Waals surface area contributed by atoms with Gasteiger partial charge in [-0.3, -0.25) is 0 Å². The molecular formula is C14H21BrNO2+. The molecule has 1 heterocycles. The normalized spacial score (nSPS) is 23.9. The molecule has 0 bridgehead atoms. The largest absolute Gasteiger partial charge is 0.503 e. The summed E-state index contributed by atoms with van der Waals surface area (Å²) in [6.45, 7) is 5.80. The molecule has 0 amide bonds. The molecule has 0 radical (unpaired) electrons. The van der Waals surface area contributed by atoms with E-state index in [9.17, 15) is 5.11 Å². The Balaban J connectivity index is 2.11. The number of phenols is 1. The van der Waals surface area contributed by atoms with Crippen molar-refractivity contribution in [1.29, 1.82) is 0 Å². The van der Waals surface area contributed by atoms with Crippen LogP contribution in [-0.2, 0) is 6.54 Å². The molecule has 0 aromatic heterocycles. The maximum Gasteiger partial charge on any atom is 0.172 e. The summed E-state index contributed by atoms with van der Waals surface area (Å²) in [6.07, 6.45) is 2.67. The van der Waals surface area contributed by atoms with Crippen LogP contribution in [0.25, 0.3) is 0 Å². The fraction of sp³-hybridized carbons (Fsp3) is 0.571. The van der Waals surface area contributed by atoms with Crippen molar-refractivity contribution in [2.24, 2.45) is 5.92 Å². The molecule has 1 aliphatic heterocycles. The first kappa shape index (κ1) is 13.7. The smallest absolute Gasteiger partial charge is 0.172 e. The third-order valence-electron chi connectivity index (χ3n) is 3.63. The molecule has 18 heavy (non-hydrogen) atoms. The van der Waals surface area contributed by atoms with E-state index in [1.165, 1.54) is 31.5 Å². The lowest BCUT2D eigenvalue weighted by Gasteiger charge is -2.28. The SMILES string of the molecule is COc1cc(C[NH+]2CCC[C@@H](C)C2)cc(Br)c1O. The zero-order valence-corrected chi connectivity index (χ0v) is 12.6. The average Bonchev–Trinajstić information content (AvgIpc) is 2.33. The molecule has 2 atom stereocenters. The third-order valence-corrected chi connectivity index (χ3v) is 4.23. The molecule has 100 valence electrons. The van der Waals surface area contributed by atoms with Crippen LogP contribution < -0.4 is 9.64 Å². The highest BCUT2D eigenvalue weighted by Gasteiger charge is 2.20. The van der Waals surface area contributed by atoms with Gasteiger partial charge in [-0.1, -0.05) is 6.92 Å². The van der Waals surface area contributed by atoms with E-state index in [2.05, 4.69) is 22.9 Å². The highest BCUT2D eigenvalue weighted by atomic mass is 79.9. The van der Waals surface area contributed by atoms with Crippen molar-refractivity contribution >= 4 is 15.9 Å². The van der Waals surface area contributed by atoms with Crippen LogP contribution in [-0.4, -0.2) is 25.3 Å². The van der Waals surface area contributed by atoms with Gasteiger partial charge in [0.25, 0.3) is 0 Å². The number of hydrogen-bond acceptors (Lipinski definition) is 2. The summed E-state index contributed by atoms with van der Waals surface area (Å²) < 4.78 is 5.90. The Morgan fingerprint density at radius 1 is 1.50 bits per heavy atom. The maximum absolute atomic E-state index is 9.79. The van der Waals surface area contributed by atoms with Crippen molar-refractivity contribution in [2.75, 3.05) is 20.2 Å². The van der Waals surface area contributed by atoms with Crippen LogP contribution in [0.1, 0.15) is 25.3 Å². The standard InChI is InChI=1S/C14H20BrNO2/c1-10-4-3-5-16(8-10)9-11-6-12(15)14(17)13(7-11)18-2/h6-7,10,17H,3-5,8-9H2,1-2H3/p+1/t10-/m1/s1. The highest BCUT2D eigenvalue weighted by molar-refractivity contribution is 9.10. The number of halogens is 1. The average molecular weight is 315 g/mol. The van der Waals surface area contributed by atoms with Gasteiger partial charge in [0.05, 0.1) is 24.7 Å². The minimum absolute atomic E-state index is 0.184. The van der Waals surface area contributed by atoms with Crippen molar-refractivity contribution in [3.63, 3.8) is 0 Å². The topological polar surface area (TPSA) is 33.9 Å². The Bertz CT molecular complexity index is 423. The highest BCUT2D eigenvalue weighted by Crippen LogP contribution is 2.34. The van der Waals surface area contributed by atoms with Crippen LogP contribution in [0.2, 0.25) is 0 Å². The minimum Gasteiger partial charge on any atom is -0.503 e. The van der Waals surface area contributed by atoms with E-state index in [0.29, 0.717) is 10.2 Å². The van der Waals surface area contributed by atoms with Crippen LogP contribution in [0.3, 0.4) is 0 Å². The van der Waals surface area contributed by atoms with Gasteiger partial charge in [0.1, 0.15) is 6.54 Å². The molecule has 0 saturated carbocycles. The lowest BCUT2D eigenvalue weighted by Crippen LogP contribution is -3.12. The lowest BCUT2D eigenvalue weighted by atomic mass is 10.00. The summed E-state index contributed by atoms with van der Waals surface area (Å²) in [4.78, 5) is 1.62. The monoisotopic (exact) mass is 314 g/mol. The van der Waals surface area contributed by atoms with Gasteiger partial charge in [0.15, 0.2) is 11.5 Å². The number of piperidine rings is 1. The molecular weight excluding hydrogens is 294 g/mol. The van der Waals surface area contributed by atoms with Crippen molar-refractivity contribution in [3.8, 4) is 11.5 Å². The molecule has 0 spiro atoms. The second-order valence-corrected chi connectivity index (χ2v) is 6.11. The first-order valence-corrected chi connectivity index (χ1v) is 7.28. The van der Waals surface area contributed by atoms with Crippen LogP contribution in [0.15, 0.2) is 16.6 Å². The van der Waals surface area contributed by atoms with Gasteiger partial charge in [-0.2, -0.15) is 0 Å². The molecule has 0 aliphatic carbocycles. The number of hydrogen-bond donors (Lipinski definition) is 2. The predicted molar refractivity (Wildman–Crippen MR) is 75.2 cm³/mol. The number of rotatable bonds is 3. The van der Waals surface area contributed by atoms with Crippen molar-refractivity contribution < 1.29 is 14.7 Å². The van der Waals surface area contributed by atoms with Gasteiger partial charge in [-0.25, -0.2) is 0 Å². The first-order valence-electron chi connectivity index (χ1n) is 6.49. The van der Waals surface area contributed by atoms with E-state index in [-0.39, 0.29) is 5.75 Å². The molecule has 2 rings (SSSR count).